The van der Waals surface area contributed by atoms with E-state index in [9.17, 15) is 45.0 Å². The molecule has 1 saturated heterocycles. The number of esters is 1. The molecule has 9 rings (SSSR count). The summed E-state index contributed by atoms with van der Waals surface area (Å²) in [5, 5.41) is 69.8. The molecule has 5 aliphatic heterocycles. The lowest BCUT2D eigenvalue weighted by Crippen LogP contribution is -2.63. The lowest BCUT2D eigenvalue weighted by Gasteiger charge is -2.54. The highest BCUT2D eigenvalue weighted by atomic mass is 16.6. The number of nitrogens with zero attached hydrogens (tertiary/aromatic N) is 2. The molecule has 69 heavy (non-hydrogen) atoms. The van der Waals surface area contributed by atoms with E-state index in [0.29, 0.717) is 81.3 Å². The van der Waals surface area contributed by atoms with Crippen LogP contribution in [0.1, 0.15) is 85.6 Å². The van der Waals surface area contributed by atoms with Crippen molar-refractivity contribution in [2.75, 3.05) is 79.5 Å². The predicted octanol–water partition coefficient (Wildman–Crippen LogP) is 1.77. The monoisotopic (exact) mass is 954 g/mol. The van der Waals surface area contributed by atoms with Crippen molar-refractivity contribution in [3.05, 3.63) is 79.1 Å². The molecule has 2 aliphatic carbocycles. The van der Waals surface area contributed by atoms with Gasteiger partial charge < -0.3 is 59.2 Å². The van der Waals surface area contributed by atoms with Crippen molar-refractivity contribution in [1.82, 2.24) is 4.90 Å². The van der Waals surface area contributed by atoms with Crippen molar-refractivity contribution in [3.8, 4) is 17.2 Å². The molecule has 2 fully saturated rings. The lowest BCUT2D eigenvalue weighted by molar-refractivity contribution is -0.159. The number of rotatable bonds is 15. The number of piperidine rings is 1. The number of likely N-dealkylation sites (tertiary alicyclic amines) is 1. The van der Waals surface area contributed by atoms with Gasteiger partial charge in [0.2, 0.25) is 5.76 Å². The summed E-state index contributed by atoms with van der Waals surface area (Å²) < 4.78 is 31.3. The van der Waals surface area contributed by atoms with Crippen molar-refractivity contribution < 1.29 is 68.7 Å². The molecule has 5 heterocycles. The lowest BCUT2D eigenvalue weighted by atomic mass is 9.58. The van der Waals surface area contributed by atoms with Crippen molar-refractivity contribution in [2.24, 2.45) is 34.6 Å². The maximum absolute atomic E-state index is 14.6. The number of hydrogen-bond donors (Lipinski definition) is 6. The summed E-state index contributed by atoms with van der Waals surface area (Å²) in [6, 6.07) is 3.99. The highest BCUT2D eigenvalue weighted by molar-refractivity contribution is 6.11. The van der Waals surface area contributed by atoms with Crippen LogP contribution < -0.4 is 24.8 Å². The third-order valence-corrected chi connectivity index (χ3v) is 15.9. The van der Waals surface area contributed by atoms with Crippen LogP contribution in [-0.4, -0.2) is 145 Å². The van der Waals surface area contributed by atoms with Gasteiger partial charge in [0.05, 0.1) is 61.6 Å². The second-order valence-corrected chi connectivity index (χ2v) is 19.7. The minimum Gasteiger partial charge on any atom is -0.492 e. The minimum atomic E-state index is -1.60. The van der Waals surface area contributed by atoms with E-state index < -0.39 is 60.3 Å². The molecule has 8 atom stereocenters. The molecule has 1 saturated carbocycles. The summed E-state index contributed by atoms with van der Waals surface area (Å²) in [6.07, 6.45) is 6.95. The number of aryl methyl sites for hydroxylation is 1. The van der Waals surface area contributed by atoms with Crippen LogP contribution in [0.2, 0.25) is 0 Å². The topological polar surface area (TPSA) is 234 Å². The zero-order chi connectivity index (χ0) is 48.6. The van der Waals surface area contributed by atoms with Gasteiger partial charge in [-0.2, -0.15) is 0 Å². The highest BCUT2D eigenvalue weighted by Crippen LogP contribution is 2.59. The molecule has 0 amide bonds. The van der Waals surface area contributed by atoms with Gasteiger partial charge >= 0.3 is 5.97 Å². The van der Waals surface area contributed by atoms with Crippen molar-refractivity contribution in [3.63, 3.8) is 0 Å². The van der Waals surface area contributed by atoms with Gasteiger partial charge in [-0.25, -0.2) is 4.79 Å². The summed E-state index contributed by atoms with van der Waals surface area (Å²) in [7, 11) is 1.68. The zero-order valence-corrected chi connectivity index (χ0v) is 39.6. The Morgan fingerprint density at radius 1 is 1.03 bits per heavy atom. The number of methoxy groups -OCH3 is 1. The van der Waals surface area contributed by atoms with Crippen LogP contribution in [0.4, 0.5) is 0 Å². The largest absolute Gasteiger partial charge is 0.492 e. The average Bonchev–Trinajstić information content (AvgIpc) is 4.03. The number of fused-ring (bicyclic) bond motifs is 8. The summed E-state index contributed by atoms with van der Waals surface area (Å²) in [5.74, 6) is -4.32. The molecular weight excluding hydrogens is 889 g/mol. The number of benzene rings is 2. The number of ketones is 1. The number of carbonyl (C=O) groups is 3. The Balaban J connectivity index is 1.26. The van der Waals surface area contributed by atoms with Gasteiger partial charge in [-0.3, -0.25) is 14.6 Å². The van der Waals surface area contributed by atoms with E-state index in [-0.39, 0.29) is 109 Å². The van der Waals surface area contributed by atoms with Crippen molar-refractivity contribution >= 4 is 29.7 Å². The first-order chi connectivity index (χ1) is 33.6. The van der Waals surface area contributed by atoms with E-state index in [1.54, 1.807) is 14.0 Å². The highest BCUT2D eigenvalue weighted by Gasteiger charge is 2.59. The molecule has 372 valence electrons. The van der Waals surface area contributed by atoms with E-state index in [1.165, 1.54) is 0 Å². The summed E-state index contributed by atoms with van der Waals surface area (Å²) in [6.45, 7) is 2.99. The summed E-state index contributed by atoms with van der Waals surface area (Å²) in [4.78, 5) is 49.2. The Morgan fingerprint density at radius 2 is 1.87 bits per heavy atom. The molecule has 0 spiro atoms. The number of aliphatic hydroxyl groups is 6. The molecule has 2 aromatic carbocycles. The van der Waals surface area contributed by atoms with Gasteiger partial charge in [0.15, 0.2) is 6.29 Å². The van der Waals surface area contributed by atoms with E-state index in [0.717, 1.165) is 34.7 Å². The number of hydrogen-bond acceptors (Lipinski definition) is 16. The van der Waals surface area contributed by atoms with Gasteiger partial charge in [0.1, 0.15) is 34.7 Å². The Labute approximate surface area is 401 Å². The van der Waals surface area contributed by atoms with E-state index >= 15 is 0 Å². The van der Waals surface area contributed by atoms with Gasteiger partial charge in [0.25, 0.3) is 0 Å². The molecule has 2 bridgehead atoms. The van der Waals surface area contributed by atoms with Gasteiger partial charge in [-0.05, 0) is 105 Å². The summed E-state index contributed by atoms with van der Waals surface area (Å²) >= 11 is 0. The first-order valence-corrected chi connectivity index (χ1v) is 24.7. The fourth-order valence-electron chi connectivity index (χ4n) is 12.6. The number of aliphatic hydroxyl groups excluding tert-OH is 5. The van der Waals surface area contributed by atoms with Crippen LogP contribution in [0.3, 0.4) is 0 Å². The van der Waals surface area contributed by atoms with Crippen molar-refractivity contribution in [1.29, 1.82) is 0 Å². The second-order valence-electron chi connectivity index (χ2n) is 19.7. The first kappa shape index (κ1) is 49.2. The first-order valence-electron chi connectivity index (χ1n) is 24.7. The number of allylic oxidation sites excluding steroid dienone is 3. The third-order valence-electron chi connectivity index (χ3n) is 15.9. The van der Waals surface area contributed by atoms with Crippen LogP contribution in [0.25, 0.3) is 11.6 Å². The smallest absolute Gasteiger partial charge is 0.375 e. The number of ether oxygens (including phenoxy) is 5. The van der Waals surface area contributed by atoms with E-state index in [1.807, 2.05) is 18.2 Å². The van der Waals surface area contributed by atoms with Gasteiger partial charge in [-0.1, -0.05) is 17.7 Å². The van der Waals surface area contributed by atoms with Crippen LogP contribution in [0.15, 0.2) is 45.7 Å². The average molecular weight is 955 g/mol. The fourth-order valence-corrected chi connectivity index (χ4v) is 12.6. The molecule has 0 radical (unpaired) electrons. The molecule has 8 unspecified atom stereocenters. The van der Waals surface area contributed by atoms with Crippen LogP contribution in [0, 0.1) is 29.6 Å². The Bertz CT molecular complexity index is 2570. The molecular formula is C53H66N2O14. The summed E-state index contributed by atoms with van der Waals surface area (Å²) in [5.41, 5.74) is 2.26. The van der Waals surface area contributed by atoms with E-state index in [4.69, 9.17) is 23.7 Å². The van der Waals surface area contributed by atoms with Crippen LogP contribution >= 0.6 is 0 Å². The quantitative estimate of drug-likeness (QED) is 0.0647. The molecule has 2 aromatic rings. The van der Waals surface area contributed by atoms with Gasteiger partial charge in [0, 0.05) is 87.2 Å². The minimum absolute atomic E-state index is 0.0174. The van der Waals surface area contributed by atoms with E-state index in [2.05, 4.69) is 16.0 Å². The second kappa shape index (κ2) is 20.9. The SMILES string of the molecule is CCOC(=O)C1=C(C=O)C2=C3CC(CO)C(=O)C(C3)c3cc4c(cc3CCC(CO)COc3c5c(c(CO)c(c32)O1)OC(C1(O)C(CCCO)C(CO)=CC2CN(CCCOC)CCC21)C5)=NCC=4. The zero-order valence-electron chi connectivity index (χ0n) is 39.6. The number of aldehydes is 1. The van der Waals surface area contributed by atoms with Crippen molar-refractivity contribution in [2.45, 2.75) is 88.9 Å². The fraction of sp³-hybridized carbons (Fsp3) is 0.585. The van der Waals surface area contributed by atoms with Crippen LogP contribution in [-0.2, 0) is 43.3 Å². The number of carbonyl (C=O) groups excluding carboxylic acids is 3. The number of Topliss-reactive ketones (excluding diaryl/α,β-unsaturated/α-hetero) is 1. The standard InChI is InChI=1S/C53H66N2O14/c1-3-66-52(63)51-39(26-60)45-32-16-35(25-59)47(62)37(19-32)36-18-31-9-11-54-43(31)20-30(36)8-7-29(23-57)28-67-49-38-21-44(68-48(38)40(27-61)50(69-51)46(45)49)53(64)41(6-4-14-56)34(24-58)17-33-22-55(12-5-15-65-2)13-10-42(33)53/h9,17-18,20,26,29,33,35,37,41-42,44,56-59,61,64H,3-8,10-16,19,21-25,27-28H2,1-2H3. The van der Waals surface area contributed by atoms with Crippen LogP contribution in [0.5, 0.6) is 17.2 Å². The predicted molar refractivity (Wildman–Crippen MR) is 251 cm³/mol. The molecule has 6 N–H and O–H groups in total. The molecule has 7 aliphatic rings. The molecule has 0 aromatic heterocycles. The maximum Gasteiger partial charge on any atom is 0.375 e. The Morgan fingerprint density at radius 3 is 2.59 bits per heavy atom. The Kier molecular flexibility index (Phi) is 14.9. The third kappa shape index (κ3) is 8.79. The maximum atomic E-state index is 14.6. The normalized spacial score (nSPS) is 28.4. The molecule has 16 nitrogen and oxygen atoms in total. The Hall–Kier alpha value is -4.78. The molecule has 16 heteroatoms. The van der Waals surface area contributed by atoms with Gasteiger partial charge in [-0.15, -0.1) is 0 Å².